The van der Waals surface area contributed by atoms with E-state index >= 15 is 0 Å². The zero-order valence-corrected chi connectivity index (χ0v) is 17.8. The molecule has 0 aliphatic rings. The second-order valence-electron chi connectivity index (χ2n) is 2.89. The van der Waals surface area contributed by atoms with Crippen molar-refractivity contribution in [3.05, 3.63) is 23.7 Å². The van der Waals surface area contributed by atoms with E-state index in [0.717, 1.165) is 12.2 Å². The van der Waals surface area contributed by atoms with Crippen molar-refractivity contribution in [2.75, 3.05) is 13.7 Å². The second kappa shape index (κ2) is 17.3. The molecule has 4 N–H and O–H groups in total. The van der Waals surface area contributed by atoms with Crippen molar-refractivity contribution in [3.8, 4) is 0 Å². The molecular formula is C11H20O6Zn2+2. The predicted octanol–water partition coefficient (Wildman–Crippen LogP) is 1.58. The van der Waals surface area contributed by atoms with E-state index in [9.17, 15) is 0 Å². The van der Waals surface area contributed by atoms with Gasteiger partial charge in [-0.15, -0.1) is 0 Å². The summed E-state index contributed by atoms with van der Waals surface area (Å²) in [6.07, 6.45) is 2.25. The summed E-state index contributed by atoms with van der Waals surface area (Å²) in [7, 11) is 1.31. The van der Waals surface area contributed by atoms with Crippen LogP contribution in [0.25, 0.3) is 0 Å². The topological polar surface area (TPSA) is 102 Å². The molecule has 0 unspecified atom stereocenters. The molecule has 0 aliphatic heterocycles. The third kappa shape index (κ3) is 26.7. The van der Waals surface area contributed by atoms with Gasteiger partial charge < -0.3 is 29.3 Å². The van der Waals surface area contributed by atoms with Gasteiger partial charge in [0.25, 0.3) is 0 Å². The maximum atomic E-state index is 8.68. The van der Waals surface area contributed by atoms with Gasteiger partial charge in [0.15, 0.2) is 13.7 Å². The molecule has 6 nitrogen and oxygen atoms in total. The molecule has 0 aromatic carbocycles. The van der Waals surface area contributed by atoms with E-state index in [2.05, 4.69) is 9.47 Å². The Morgan fingerprint density at radius 3 is 1.58 bits per heavy atom. The Labute approximate surface area is 138 Å². The van der Waals surface area contributed by atoms with Gasteiger partial charge in [-0.3, -0.25) is 0 Å². The van der Waals surface area contributed by atoms with Crippen molar-refractivity contribution in [2.45, 2.75) is 20.8 Å². The first kappa shape index (κ1) is 26.8. The third-order valence-corrected chi connectivity index (χ3v) is 1.17. The minimum atomic E-state index is -0.287. The number of allylic oxidation sites excluding steroid dienone is 2. The molecule has 102 valence electrons. The average Bonchev–Trinajstić information content (AvgIpc) is 2.16. The monoisotopic (exact) mass is 376 g/mol. The number of methoxy groups -OCH3 is 1. The van der Waals surface area contributed by atoms with E-state index in [1.807, 2.05) is 0 Å². The maximum Gasteiger partial charge on any atom is 0.513 e. The number of esters is 2. The van der Waals surface area contributed by atoms with Crippen molar-refractivity contribution in [1.82, 2.24) is 0 Å². The maximum absolute atomic E-state index is 8.68. The van der Waals surface area contributed by atoms with E-state index in [1.54, 1.807) is 6.92 Å². The van der Waals surface area contributed by atoms with Crippen LogP contribution < -0.4 is 0 Å². The molecule has 0 saturated carbocycles. The number of hydrogen-bond donors (Lipinski definition) is 2. The molecule has 0 radical (unpaired) electrons. The Morgan fingerprint density at radius 1 is 1.00 bits per heavy atom. The first-order chi connectivity index (χ1) is 7.83. The zero-order valence-electron chi connectivity index (χ0n) is 11.9. The van der Waals surface area contributed by atoms with Crippen LogP contribution in [0.3, 0.4) is 0 Å². The Hall–Kier alpha value is -0.733. The summed E-state index contributed by atoms with van der Waals surface area (Å²) >= 11 is 0. The van der Waals surface area contributed by atoms with Crippen LogP contribution in [0.2, 0.25) is 0 Å². The molecule has 0 aliphatic carbocycles. The van der Waals surface area contributed by atoms with Crippen molar-refractivity contribution >= 4 is 11.9 Å². The van der Waals surface area contributed by atoms with Crippen LogP contribution in [0.5, 0.6) is 0 Å². The predicted molar refractivity (Wildman–Crippen MR) is 65.3 cm³/mol. The first-order valence-electron chi connectivity index (χ1n) is 4.86. The van der Waals surface area contributed by atoms with E-state index in [4.69, 9.17) is 19.8 Å². The molecule has 0 spiro atoms. The number of aliphatic hydroxyl groups is 2. The van der Waals surface area contributed by atoms with Crippen molar-refractivity contribution in [3.63, 3.8) is 0 Å². The second-order valence-corrected chi connectivity index (χ2v) is 2.89. The van der Waals surface area contributed by atoms with Crippen molar-refractivity contribution in [2.24, 2.45) is 0 Å². The fourth-order valence-corrected chi connectivity index (χ4v) is 0.606. The Balaban J connectivity index is -0.000000108. The largest absolute Gasteiger partial charge is 0.513 e. The summed E-state index contributed by atoms with van der Waals surface area (Å²) in [5.74, 6) is -0.493. The number of carbonyl (C=O) groups excluding carboxylic acids is 2. The van der Waals surface area contributed by atoms with Gasteiger partial charge in [0.1, 0.15) is 23.7 Å². The summed E-state index contributed by atoms with van der Waals surface area (Å²) in [5.41, 5.74) is 0. The van der Waals surface area contributed by atoms with Gasteiger partial charge >= 0.3 is 11.9 Å². The van der Waals surface area contributed by atoms with Gasteiger partial charge in [0.2, 0.25) is 0 Å². The van der Waals surface area contributed by atoms with Crippen LogP contribution in [0.15, 0.2) is 23.7 Å². The van der Waals surface area contributed by atoms with Crippen LogP contribution in [-0.4, -0.2) is 45.5 Å². The fraction of sp³-hybridized carbons (Fsp3) is 0.455. The summed E-state index contributed by atoms with van der Waals surface area (Å²) in [6, 6.07) is 0. The van der Waals surface area contributed by atoms with Crippen molar-refractivity contribution < 1.29 is 68.2 Å². The van der Waals surface area contributed by atoms with Crippen LogP contribution >= 0.6 is 0 Å². The van der Waals surface area contributed by atoms with Gasteiger partial charge in [-0.25, -0.2) is 0 Å². The van der Waals surface area contributed by atoms with Crippen LogP contribution in [0.1, 0.15) is 20.8 Å². The van der Waals surface area contributed by atoms with Gasteiger partial charge in [0.05, 0.1) is 0 Å². The number of hydrogen-bond acceptors (Lipinski definition) is 4. The van der Waals surface area contributed by atoms with E-state index in [1.165, 1.54) is 21.0 Å². The van der Waals surface area contributed by atoms with Crippen molar-refractivity contribution in [1.29, 1.82) is 0 Å². The molecule has 0 saturated heterocycles. The molecule has 8 heteroatoms. The number of rotatable bonds is 3. The van der Waals surface area contributed by atoms with E-state index in [0.29, 0.717) is 6.61 Å². The molecule has 19 heavy (non-hydrogen) atoms. The summed E-state index contributed by atoms with van der Waals surface area (Å²) in [4.78, 5) is 17.2. The number of aliphatic hydroxyl groups excluding tert-OH is 2. The molecule has 0 atom stereocenters. The van der Waals surface area contributed by atoms with Crippen LogP contribution in [0.4, 0.5) is 0 Å². The quantitative estimate of drug-likeness (QED) is 0.256. The van der Waals surface area contributed by atoms with Gasteiger partial charge in [-0.1, -0.05) is 0 Å². The molecule has 0 heterocycles. The standard InChI is InChI=1S/C6H10O3.C5H8O3.2Zn/c1-3-9-6(8)4-5(2)7;1-4(6)3-5(7)8-2;;/h4,7H,3H2,1-2H3;3,6H,1-2H3;;/p+2. The Morgan fingerprint density at radius 2 is 1.37 bits per heavy atom. The Kier molecular flexibility index (Phi) is 24.3. The minimum absolute atomic E-state index is 0. The molecule has 0 bridgehead atoms. The van der Waals surface area contributed by atoms with Gasteiger partial charge in [-0.2, -0.15) is 0 Å². The van der Waals surface area contributed by atoms with Gasteiger partial charge in [0, 0.05) is 39.0 Å². The third-order valence-electron chi connectivity index (χ3n) is 1.17. The van der Waals surface area contributed by atoms with Gasteiger partial charge in [-0.05, 0) is 20.8 Å². The minimum Gasteiger partial charge on any atom is -0.512 e. The normalized spacial score (nSPS) is 9.89. The smallest absolute Gasteiger partial charge is 0.512 e. The van der Waals surface area contributed by atoms with E-state index in [-0.39, 0.29) is 62.4 Å². The molecule has 0 aromatic heterocycles. The summed E-state index contributed by atoms with van der Waals surface area (Å²) in [5, 5.41) is 17.0. The molecule has 0 amide bonds. The SMILES string of the molecule is CCOC(=[OH+])C=C(C)O.COC(=[OH+])C=C(C)O.[Zn].[Zn]. The van der Waals surface area contributed by atoms with E-state index < -0.39 is 0 Å². The fourth-order valence-electron chi connectivity index (χ4n) is 0.606. The molecular weight excluding hydrogens is 359 g/mol. The van der Waals surface area contributed by atoms with Crippen LogP contribution in [0, 0.1) is 0 Å². The molecule has 0 rings (SSSR count). The molecule has 0 aromatic rings. The zero-order chi connectivity index (χ0) is 13.8. The molecule has 0 fully saturated rings. The number of ether oxygens (including phenoxy) is 2. The Bertz CT molecular complexity index is 304. The summed E-state index contributed by atoms with van der Waals surface area (Å²) < 4.78 is 8.89. The summed E-state index contributed by atoms with van der Waals surface area (Å²) in [6.45, 7) is 5.04. The average molecular weight is 379 g/mol. The van der Waals surface area contributed by atoms with Crippen LogP contribution in [-0.2, 0) is 48.4 Å². The first-order valence-corrected chi connectivity index (χ1v) is 4.86.